The number of nitrogens with zero attached hydrogens (tertiary/aromatic N) is 2. The molecule has 2 aromatic rings. The maximum Gasteiger partial charge on any atom is 0.125 e. The van der Waals surface area contributed by atoms with E-state index in [0.29, 0.717) is 21.9 Å². The minimum atomic E-state index is 0.400. The molecule has 0 radical (unpaired) electrons. The number of hydrogen-bond acceptors (Lipinski definition) is 3. The Kier molecular flexibility index (Phi) is 2.09. The van der Waals surface area contributed by atoms with E-state index in [1.165, 1.54) is 0 Å². The quantitative estimate of drug-likeness (QED) is 0.790. The van der Waals surface area contributed by atoms with Crippen LogP contribution >= 0.6 is 27.5 Å². The van der Waals surface area contributed by atoms with Gasteiger partial charge >= 0.3 is 0 Å². The first-order valence-corrected chi connectivity index (χ1v) is 4.71. The zero-order valence-electron chi connectivity index (χ0n) is 6.46. The van der Waals surface area contributed by atoms with Crippen molar-refractivity contribution in [2.24, 2.45) is 0 Å². The highest BCUT2D eigenvalue weighted by molar-refractivity contribution is 9.10. The molecule has 0 saturated carbocycles. The Hall–Kier alpha value is -0.870. The fraction of sp³-hybridized carbons (Fsp3) is 0. The van der Waals surface area contributed by atoms with Crippen LogP contribution in [0, 0.1) is 0 Å². The monoisotopic (exact) mass is 257 g/mol. The first-order valence-electron chi connectivity index (χ1n) is 3.54. The van der Waals surface area contributed by atoms with Gasteiger partial charge in [-0.3, -0.25) is 4.98 Å². The van der Waals surface area contributed by atoms with E-state index in [0.717, 1.165) is 4.47 Å². The Balaban J connectivity index is 2.86. The molecule has 13 heavy (non-hydrogen) atoms. The standard InChI is InChI=1S/C8H5BrClN3/c9-4-1-6-8(12-3-4)5(10)2-7(11)13-6/h1-3H,(H2,11,13). The molecular weight excluding hydrogens is 253 g/mol. The highest BCUT2D eigenvalue weighted by Gasteiger charge is 2.03. The van der Waals surface area contributed by atoms with Crippen LogP contribution in [-0.2, 0) is 0 Å². The lowest BCUT2D eigenvalue weighted by Gasteiger charge is -2.00. The molecule has 66 valence electrons. The van der Waals surface area contributed by atoms with Crippen LogP contribution in [-0.4, -0.2) is 9.97 Å². The normalized spacial score (nSPS) is 10.6. The molecule has 0 unspecified atom stereocenters. The van der Waals surface area contributed by atoms with Gasteiger partial charge in [-0.15, -0.1) is 0 Å². The Labute approximate surface area is 88.1 Å². The van der Waals surface area contributed by atoms with Gasteiger partial charge in [0.05, 0.1) is 10.5 Å². The van der Waals surface area contributed by atoms with E-state index in [2.05, 4.69) is 25.9 Å². The lowest BCUT2D eigenvalue weighted by molar-refractivity contribution is 1.33. The van der Waals surface area contributed by atoms with Crippen molar-refractivity contribution in [3.8, 4) is 0 Å². The Morgan fingerprint density at radius 2 is 2.15 bits per heavy atom. The summed E-state index contributed by atoms with van der Waals surface area (Å²) in [5.41, 5.74) is 6.90. The van der Waals surface area contributed by atoms with E-state index in [1.807, 2.05) is 6.07 Å². The number of pyridine rings is 2. The Morgan fingerprint density at radius 3 is 2.92 bits per heavy atom. The molecule has 3 nitrogen and oxygen atoms in total. The van der Waals surface area contributed by atoms with E-state index in [1.54, 1.807) is 12.3 Å². The minimum Gasteiger partial charge on any atom is -0.384 e. The Morgan fingerprint density at radius 1 is 1.38 bits per heavy atom. The molecular formula is C8H5BrClN3. The first kappa shape index (κ1) is 8.72. The molecule has 2 heterocycles. The number of aromatic nitrogens is 2. The lowest BCUT2D eigenvalue weighted by Crippen LogP contribution is -1.92. The molecule has 0 aromatic carbocycles. The van der Waals surface area contributed by atoms with E-state index in [4.69, 9.17) is 17.3 Å². The summed E-state index contributed by atoms with van der Waals surface area (Å²) < 4.78 is 0.856. The molecule has 0 fully saturated rings. The summed E-state index contributed by atoms with van der Waals surface area (Å²) in [6, 6.07) is 3.41. The topological polar surface area (TPSA) is 51.8 Å². The molecule has 0 aliphatic heterocycles. The number of nitrogens with two attached hydrogens (primary N) is 1. The first-order chi connectivity index (χ1) is 6.16. The average molecular weight is 259 g/mol. The zero-order valence-corrected chi connectivity index (χ0v) is 8.80. The van der Waals surface area contributed by atoms with Gasteiger partial charge in [0.15, 0.2) is 0 Å². The van der Waals surface area contributed by atoms with Gasteiger partial charge in [-0.25, -0.2) is 4.98 Å². The van der Waals surface area contributed by atoms with Gasteiger partial charge in [0.2, 0.25) is 0 Å². The molecule has 0 amide bonds. The zero-order chi connectivity index (χ0) is 9.42. The maximum atomic E-state index is 5.92. The summed E-state index contributed by atoms with van der Waals surface area (Å²) in [5, 5.41) is 0.523. The molecule has 2 aromatic heterocycles. The number of anilines is 1. The highest BCUT2D eigenvalue weighted by Crippen LogP contribution is 2.23. The molecule has 0 atom stereocenters. The average Bonchev–Trinajstić information content (AvgIpc) is 2.02. The highest BCUT2D eigenvalue weighted by atomic mass is 79.9. The second-order valence-corrected chi connectivity index (χ2v) is 3.87. The third-order valence-electron chi connectivity index (χ3n) is 1.58. The fourth-order valence-electron chi connectivity index (χ4n) is 1.07. The molecule has 0 saturated heterocycles. The van der Waals surface area contributed by atoms with Gasteiger partial charge in [0, 0.05) is 16.7 Å². The van der Waals surface area contributed by atoms with Crippen molar-refractivity contribution in [2.75, 3.05) is 5.73 Å². The summed E-state index contributed by atoms with van der Waals surface area (Å²) in [6.45, 7) is 0. The van der Waals surface area contributed by atoms with Gasteiger partial charge in [-0.2, -0.15) is 0 Å². The van der Waals surface area contributed by atoms with Crippen molar-refractivity contribution in [2.45, 2.75) is 0 Å². The SMILES string of the molecule is Nc1cc(Cl)c2ncc(Br)cc2n1. The molecule has 0 bridgehead atoms. The summed E-state index contributed by atoms with van der Waals surface area (Å²) in [6.07, 6.45) is 1.67. The third-order valence-corrected chi connectivity index (χ3v) is 2.31. The van der Waals surface area contributed by atoms with Crippen LogP contribution in [0.5, 0.6) is 0 Å². The molecule has 0 aliphatic rings. The van der Waals surface area contributed by atoms with E-state index in [-0.39, 0.29) is 0 Å². The molecule has 5 heteroatoms. The van der Waals surface area contributed by atoms with Gasteiger partial charge < -0.3 is 5.73 Å². The van der Waals surface area contributed by atoms with Crippen molar-refractivity contribution < 1.29 is 0 Å². The molecule has 2 rings (SSSR count). The van der Waals surface area contributed by atoms with E-state index < -0.39 is 0 Å². The largest absolute Gasteiger partial charge is 0.384 e. The van der Waals surface area contributed by atoms with Gasteiger partial charge in [0.1, 0.15) is 11.3 Å². The van der Waals surface area contributed by atoms with Gasteiger partial charge in [-0.05, 0) is 22.0 Å². The van der Waals surface area contributed by atoms with Crippen molar-refractivity contribution in [3.63, 3.8) is 0 Å². The van der Waals surface area contributed by atoms with Gasteiger partial charge in [0.25, 0.3) is 0 Å². The fourth-order valence-corrected chi connectivity index (χ4v) is 1.64. The summed E-state index contributed by atoms with van der Waals surface area (Å²) in [7, 11) is 0. The second-order valence-electron chi connectivity index (χ2n) is 2.55. The van der Waals surface area contributed by atoms with Crippen LogP contribution in [0.1, 0.15) is 0 Å². The smallest absolute Gasteiger partial charge is 0.125 e. The molecule has 2 N–H and O–H groups in total. The van der Waals surface area contributed by atoms with E-state index >= 15 is 0 Å². The van der Waals surface area contributed by atoms with E-state index in [9.17, 15) is 0 Å². The summed E-state index contributed by atoms with van der Waals surface area (Å²) in [4.78, 5) is 8.22. The predicted molar refractivity (Wildman–Crippen MR) is 56.7 cm³/mol. The van der Waals surface area contributed by atoms with Gasteiger partial charge in [-0.1, -0.05) is 11.6 Å². The van der Waals surface area contributed by atoms with Crippen LogP contribution in [0.3, 0.4) is 0 Å². The number of rotatable bonds is 0. The van der Waals surface area contributed by atoms with Crippen molar-refractivity contribution in [1.82, 2.24) is 9.97 Å². The second kappa shape index (κ2) is 3.12. The third kappa shape index (κ3) is 1.59. The molecule has 0 spiro atoms. The van der Waals surface area contributed by atoms with Crippen molar-refractivity contribution in [3.05, 3.63) is 27.8 Å². The summed E-state index contributed by atoms with van der Waals surface area (Å²) in [5.74, 6) is 0.400. The number of fused-ring (bicyclic) bond motifs is 1. The van der Waals surface area contributed by atoms with Crippen molar-refractivity contribution >= 4 is 44.4 Å². The maximum absolute atomic E-state index is 5.92. The number of nitrogen functional groups attached to an aromatic ring is 1. The minimum absolute atomic E-state index is 0.400. The van der Waals surface area contributed by atoms with Crippen LogP contribution in [0.2, 0.25) is 5.02 Å². The lowest BCUT2D eigenvalue weighted by atomic mass is 10.3. The van der Waals surface area contributed by atoms with Crippen LogP contribution in [0.4, 0.5) is 5.82 Å². The summed E-state index contributed by atoms with van der Waals surface area (Å²) >= 11 is 9.21. The molecule has 0 aliphatic carbocycles. The predicted octanol–water partition coefficient (Wildman–Crippen LogP) is 2.63. The van der Waals surface area contributed by atoms with Crippen LogP contribution in [0.25, 0.3) is 11.0 Å². The van der Waals surface area contributed by atoms with Crippen LogP contribution in [0.15, 0.2) is 22.8 Å². The number of hydrogen-bond donors (Lipinski definition) is 1. The number of halogens is 2. The van der Waals surface area contributed by atoms with Crippen LogP contribution < -0.4 is 5.73 Å². The van der Waals surface area contributed by atoms with Crippen molar-refractivity contribution in [1.29, 1.82) is 0 Å². The Bertz CT molecular complexity index is 467.